The van der Waals surface area contributed by atoms with Gasteiger partial charge in [0.05, 0.1) is 0 Å². The van der Waals surface area contributed by atoms with Gasteiger partial charge in [-0.05, 0) is 11.8 Å². The summed E-state index contributed by atoms with van der Waals surface area (Å²) in [5.41, 5.74) is 5.01. The Morgan fingerprint density at radius 1 is 1.45 bits per heavy atom. The van der Waals surface area contributed by atoms with Crippen LogP contribution in [-0.2, 0) is 10.1 Å². The SMILES string of the molecule is CC(C)(C)CC(N)S(=O)(=O)O. The quantitative estimate of drug-likeness (QED) is 0.611. The predicted molar refractivity (Wildman–Crippen MR) is 43.6 cm³/mol. The first-order chi connectivity index (χ1) is 4.63. The van der Waals surface area contributed by atoms with E-state index in [1.54, 1.807) is 0 Å². The average Bonchev–Trinajstić information content (AvgIpc) is 1.56. The largest absolute Gasteiger partial charge is 0.313 e. The van der Waals surface area contributed by atoms with Crippen molar-refractivity contribution in [2.24, 2.45) is 11.1 Å². The first-order valence-corrected chi connectivity index (χ1v) is 4.85. The zero-order chi connectivity index (χ0) is 9.28. The molecule has 0 aliphatic rings. The highest BCUT2D eigenvalue weighted by Crippen LogP contribution is 2.21. The molecule has 0 amide bonds. The van der Waals surface area contributed by atoms with Crippen LogP contribution in [0.4, 0.5) is 0 Å². The van der Waals surface area contributed by atoms with Crippen molar-refractivity contribution in [3.05, 3.63) is 0 Å². The molecule has 5 heteroatoms. The molecule has 0 saturated heterocycles. The average molecular weight is 181 g/mol. The van der Waals surface area contributed by atoms with Crippen molar-refractivity contribution in [2.45, 2.75) is 32.6 Å². The molecule has 0 radical (unpaired) electrons. The van der Waals surface area contributed by atoms with Gasteiger partial charge in [0.25, 0.3) is 10.1 Å². The highest BCUT2D eigenvalue weighted by molar-refractivity contribution is 7.86. The van der Waals surface area contributed by atoms with E-state index < -0.39 is 15.5 Å². The topological polar surface area (TPSA) is 80.4 Å². The standard InChI is InChI=1S/C6H15NO3S/c1-6(2,3)4-5(7)11(8,9)10/h5H,4,7H2,1-3H3,(H,8,9,10). The number of hydrogen-bond acceptors (Lipinski definition) is 3. The lowest BCUT2D eigenvalue weighted by atomic mass is 9.92. The summed E-state index contributed by atoms with van der Waals surface area (Å²) in [6, 6.07) is 0. The van der Waals surface area contributed by atoms with Gasteiger partial charge in [-0.1, -0.05) is 20.8 Å². The Bertz CT molecular complexity index is 214. The highest BCUT2D eigenvalue weighted by atomic mass is 32.2. The Labute approximate surface area is 67.5 Å². The number of rotatable bonds is 2. The predicted octanol–water partition coefficient (Wildman–Crippen LogP) is 0.595. The van der Waals surface area contributed by atoms with Gasteiger partial charge >= 0.3 is 0 Å². The summed E-state index contributed by atoms with van der Waals surface area (Å²) in [5.74, 6) is 0. The van der Waals surface area contributed by atoms with E-state index in [9.17, 15) is 8.42 Å². The summed E-state index contributed by atoms with van der Waals surface area (Å²) in [6.07, 6.45) is 0.256. The van der Waals surface area contributed by atoms with Crippen LogP contribution in [0.5, 0.6) is 0 Å². The fourth-order valence-electron chi connectivity index (χ4n) is 0.709. The normalized spacial score (nSPS) is 16.5. The molecule has 0 aliphatic carbocycles. The molecule has 1 unspecified atom stereocenters. The molecule has 0 aromatic rings. The van der Waals surface area contributed by atoms with Crippen molar-refractivity contribution in [3.8, 4) is 0 Å². The summed E-state index contributed by atoms with van der Waals surface area (Å²) in [5, 5.41) is -1.16. The molecule has 3 N–H and O–H groups in total. The van der Waals surface area contributed by atoms with Crippen LogP contribution < -0.4 is 5.73 Å². The summed E-state index contributed by atoms with van der Waals surface area (Å²) in [6.45, 7) is 5.58. The molecule has 1 atom stereocenters. The Morgan fingerprint density at radius 3 is 1.91 bits per heavy atom. The van der Waals surface area contributed by atoms with Crippen LogP contribution in [0.2, 0.25) is 0 Å². The highest BCUT2D eigenvalue weighted by Gasteiger charge is 2.24. The molecule has 0 rings (SSSR count). The van der Waals surface area contributed by atoms with Crippen LogP contribution in [0, 0.1) is 5.41 Å². The maximum absolute atomic E-state index is 10.4. The molecular weight excluding hydrogens is 166 g/mol. The van der Waals surface area contributed by atoms with Gasteiger partial charge in [-0.15, -0.1) is 0 Å². The molecule has 68 valence electrons. The second-order valence-electron chi connectivity index (χ2n) is 3.82. The maximum Gasteiger partial charge on any atom is 0.280 e. The number of nitrogens with two attached hydrogens (primary N) is 1. The fraction of sp³-hybridized carbons (Fsp3) is 1.00. The van der Waals surface area contributed by atoms with Crippen molar-refractivity contribution in [2.75, 3.05) is 0 Å². The Kier molecular flexibility index (Phi) is 3.05. The zero-order valence-corrected chi connectivity index (χ0v) is 7.85. The first kappa shape index (κ1) is 10.9. The van der Waals surface area contributed by atoms with Gasteiger partial charge in [0.2, 0.25) is 0 Å². The minimum Gasteiger partial charge on any atom is -0.313 e. The minimum absolute atomic E-state index is 0.185. The lowest BCUT2D eigenvalue weighted by molar-refractivity contribution is 0.355. The second-order valence-corrected chi connectivity index (χ2v) is 5.45. The summed E-state index contributed by atoms with van der Waals surface area (Å²) in [7, 11) is -4.06. The van der Waals surface area contributed by atoms with Crippen LogP contribution in [0.1, 0.15) is 27.2 Å². The van der Waals surface area contributed by atoms with Crippen molar-refractivity contribution in [1.29, 1.82) is 0 Å². The van der Waals surface area contributed by atoms with Crippen LogP contribution in [0.25, 0.3) is 0 Å². The third kappa shape index (κ3) is 5.17. The van der Waals surface area contributed by atoms with Gasteiger partial charge in [-0.2, -0.15) is 8.42 Å². The molecule has 0 saturated carbocycles. The third-order valence-electron chi connectivity index (χ3n) is 1.20. The second kappa shape index (κ2) is 3.08. The van der Waals surface area contributed by atoms with E-state index in [2.05, 4.69) is 0 Å². The summed E-state index contributed by atoms with van der Waals surface area (Å²) < 4.78 is 29.4. The molecular formula is C6H15NO3S. The first-order valence-electron chi connectivity index (χ1n) is 3.35. The van der Waals surface area contributed by atoms with Crippen LogP contribution in [-0.4, -0.2) is 18.3 Å². The zero-order valence-electron chi connectivity index (χ0n) is 7.03. The molecule has 0 aliphatic heterocycles. The van der Waals surface area contributed by atoms with Crippen LogP contribution >= 0.6 is 0 Å². The van der Waals surface area contributed by atoms with E-state index in [0.717, 1.165) is 0 Å². The van der Waals surface area contributed by atoms with E-state index in [-0.39, 0.29) is 11.8 Å². The molecule has 0 fully saturated rings. The molecule has 0 spiro atoms. The van der Waals surface area contributed by atoms with Gasteiger partial charge in [0, 0.05) is 0 Å². The molecule has 0 aromatic carbocycles. The van der Waals surface area contributed by atoms with Gasteiger partial charge in [0.1, 0.15) is 5.37 Å². The van der Waals surface area contributed by atoms with Crippen molar-refractivity contribution >= 4 is 10.1 Å². The van der Waals surface area contributed by atoms with Crippen molar-refractivity contribution < 1.29 is 13.0 Å². The van der Waals surface area contributed by atoms with Crippen molar-refractivity contribution in [3.63, 3.8) is 0 Å². The molecule has 11 heavy (non-hydrogen) atoms. The van der Waals surface area contributed by atoms with E-state index >= 15 is 0 Å². The van der Waals surface area contributed by atoms with E-state index in [0.29, 0.717) is 0 Å². The van der Waals surface area contributed by atoms with Gasteiger partial charge in [-0.3, -0.25) is 4.55 Å². The molecule has 0 heterocycles. The number of hydrogen-bond donors (Lipinski definition) is 2. The molecule has 4 nitrogen and oxygen atoms in total. The Balaban J connectivity index is 4.22. The Morgan fingerprint density at radius 2 is 1.82 bits per heavy atom. The lowest BCUT2D eigenvalue weighted by Gasteiger charge is -2.20. The smallest absolute Gasteiger partial charge is 0.280 e. The monoisotopic (exact) mass is 181 g/mol. The summed E-state index contributed by atoms with van der Waals surface area (Å²) >= 11 is 0. The van der Waals surface area contributed by atoms with Crippen LogP contribution in [0.15, 0.2) is 0 Å². The van der Waals surface area contributed by atoms with Crippen molar-refractivity contribution in [1.82, 2.24) is 0 Å². The third-order valence-corrected chi connectivity index (χ3v) is 2.13. The minimum atomic E-state index is -4.06. The fourth-order valence-corrected chi connectivity index (χ4v) is 1.42. The Hall–Kier alpha value is -0.130. The van der Waals surface area contributed by atoms with Gasteiger partial charge in [-0.25, -0.2) is 0 Å². The maximum atomic E-state index is 10.4. The van der Waals surface area contributed by atoms with Gasteiger partial charge < -0.3 is 5.73 Å². The lowest BCUT2D eigenvalue weighted by Crippen LogP contribution is -2.33. The van der Waals surface area contributed by atoms with E-state index in [1.807, 2.05) is 20.8 Å². The van der Waals surface area contributed by atoms with Gasteiger partial charge in [0.15, 0.2) is 0 Å². The van der Waals surface area contributed by atoms with E-state index in [4.69, 9.17) is 10.3 Å². The van der Waals surface area contributed by atoms with E-state index in [1.165, 1.54) is 0 Å². The molecule has 0 bridgehead atoms. The molecule has 0 aromatic heterocycles. The van der Waals surface area contributed by atoms with Crippen LogP contribution in [0.3, 0.4) is 0 Å². The summed E-state index contributed by atoms with van der Waals surface area (Å²) in [4.78, 5) is 0.